The van der Waals surface area contributed by atoms with Crippen LogP contribution in [0, 0.1) is 6.92 Å². The summed E-state index contributed by atoms with van der Waals surface area (Å²) in [6, 6.07) is 8.79. The van der Waals surface area contributed by atoms with Gasteiger partial charge in [-0.3, -0.25) is 0 Å². The van der Waals surface area contributed by atoms with Crippen molar-refractivity contribution in [3.8, 4) is 17.1 Å². The van der Waals surface area contributed by atoms with Gasteiger partial charge in [0.15, 0.2) is 5.82 Å². The number of phenolic OH excluding ortho intramolecular Hbond substituents is 1. The molecule has 0 saturated carbocycles. The van der Waals surface area contributed by atoms with Crippen LogP contribution < -0.4 is 5.32 Å². The summed E-state index contributed by atoms with van der Waals surface area (Å²) in [6.45, 7) is 4.79. The normalized spacial score (nSPS) is 10.2. The molecule has 17 heavy (non-hydrogen) atoms. The van der Waals surface area contributed by atoms with Gasteiger partial charge >= 0.3 is 0 Å². The predicted molar refractivity (Wildman–Crippen MR) is 68.0 cm³/mol. The number of benzene rings is 1. The van der Waals surface area contributed by atoms with Crippen LogP contribution in [0.25, 0.3) is 11.4 Å². The van der Waals surface area contributed by atoms with Crippen molar-refractivity contribution in [2.45, 2.75) is 13.8 Å². The molecule has 0 atom stereocenters. The summed E-state index contributed by atoms with van der Waals surface area (Å²) >= 11 is 0. The predicted octanol–water partition coefficient (Wildman–Crippen LogP) is 2.59. The van der Waals surface area contributed by atoms with E-state index in [0.29, 0.717) is 5.82 Å². The van der Waals surface area contributed by atoms with E-state index in [2.05, 4.69) is 15.3 Å². The van der Waals surface area contributed by atoms with Crippen LogP contribution in [0.4, 0.5) is 5.82 Å². The summed E-state index contributed by atoms with van der Waals surface area (Å²) in [5.74, 6) is 1.73. The molecular weight excluding hydrogens is 214 g/mol. The summed E-state index contributed by atoms with van der Waals surface area (Å²) in [6.07, 6.45) is 0. The van der Waals surface area contributed by atoms with Gasteiger partial charge in [-0.15, -0.1) is 0 Å². The summed E-state index contributed by atoms with van der Waals surface area (Å²) < 4.78 is 0. The molecule has 0 bridgehead atoms. The molecule has 0 amide bonds. The Balaban J connectivity index is 2.40. The average molecular weight is 229 g/mol. The van der Waals surface area contributed by atoms with Gasteiger partial charge in [-0.2, -0.15) is 0 Å². The minimum Gasteiger partial charge on any atom is -0.508 e. The number of hydrogen-bond acceptors (Lipinski definition) is 4. The second kappa shape index (κ2) is 4.82. The van der Waals surface area contributed by atoms with Gasteiger partial charge in [-0.05, 0) is 38.1 Å². The second-order valence-corrected chi connectivity index (χ2v) is 3.80. The number of nitrogens with one attached hydrogen (secondary N) is 1. The van der Waals surface area contributed by atoms with Crippen LogP contribution in [-0.2, 0) is 0 Å². The Morgan fingerprint density at radius 2 is 1.88 bits per heavy atom. The maximum absolute atomic E-state index is 9.24. The first kappa shape index (κ1) is 11.4. The number of rotatable bonds is 3. The molecule has 4 nitrogen and oxygen atoms in total. The van der Waals surface area contributed by atoms with E-state index in [1.165, 1.54) is 0 Å². The first-order chi connectivity index (χ1) is 8.19. The molecular formula is C13H15N3O. The lowest BCUT2D eigenvalue weighted by Gasteiger charge is -2.06. The maximum atomic E-state index is 9.24. The number of aromatic hydroxyl groups is 1. The average Bonchev–Trinajstić information content (AvgIpc) is 2.29. The van der Waals surface area contributed by atoms with Gasteiger partial charge in [-0.1, -0.05) is 0 Å². The highest BCUT2D eigenvalue weighted by molar-refractivity contribution is 5.58. The van der Waals surface area contributed by atoms with Gasteiger partial charge in [-0.25, -0.2) is 9.97 Å². The highest BCUT2D eigenvalue weighted by Crippen LogP contribution is 2.20. The van der Waals surface area contributed by atoms with Crippen molar-refractivity contribution in [2.24, 2.45) is 0 Å². The zero-order chi connectivity index (χ0) is 12.3. The molecule has 0 aliphatic carbocycles. The number of aryl methyl sites for hydroxylation is 1. The standard InChI is InChI=1S/C13H15N3O/c1-3-14-12-8-9(2)15-13(16-12)10-4-6-11(17)7-5-10/h4-8,17H,3H2,1-2H3,(H,14,15,16). The molecule has 88 valence electrons. The first-order valence-corrected chi connectivity index (χ1v) is 5.58. The number of phenols is 1. The fourth-order valence-corrected chi connectivity index (χ4v) is 1.58. The van der Waals surface area contributed by atoms with Crippen LogP contribution in [0.15, 0.2) is 30.3 Å². The molecule has 1 aromatic carbocycles. The Morgan fingerprint density at radius 3 is 2.53 bits per heavy atom. The molecule has 0 unspecified atom stereocenters. The molecule has 2 rings (SSSR count). The van der Waals surface area contributed by atoms with Crippen LogP contribution in [0.3, 0.4) is 0 Å². The molecule has 4 heteroatoms. The lowest BCUT2D eigenvalue weighted by molar-refractivity contribution is 0.475. The van der Waals surface area contributed by atoms with E-state index in [1.807, 2.05) is 19.9 Å². The fourth-order valence-electron chi connectivity index (χ4n) is 1.58. The lowest BCUT2D eigenvalue weighted by atomic mass is 10.2. The van der Waals surface area contributed by atoms with E-state index < -0.39 is 0 Å². The molecule has 1 heterocycles. The lowest BCUT2D eigenvalue weighted by Crippen LogP contribution is -2.02. The molecule has 2 aromatic rings. The van der Waals surface area contributed by atoms with Crippen LogP contribution in [0.5, 0.6) is 5.75 Å². The van der Waals surface area contributed by atoms with E-state index in [0.717, 1.165) is 23.6 Å². The highest BCUT2D eigenvalue weighted by atomic mass is 16.3. The fraction of sp³-hybridized carbons (Fsp3) is 0.231. The van der Waals surface area contributed by atoms with Crippen molar-refractivity contribution in [1.29, 1.82) is 0 Å². The van der Waals surface area contributed by atoms with Crippen molar-refractivity contribution < 1.29 is 5.11 Å². The Morgan fingerprint density at radius 1 is 1.18 bits per heavy atom. The van der Waals surface area contributed by atoms with Gasteiger partial charge in [0.25, 0.3) is 0 Å². The molecule has 0 aliphatic heterocycles. The minimum atomic E-state index is 0.244. The number of aromatic nitrogens is 2. The Labute approximate surface area is 100 Å². The van der Waals surface area contributed by atoms with Crippen LogP contribution in [-0.4, -0.2) is 21.6 Å². The van der Waals surface area contributed by atoms with Crippen LogP contribution >= 0.6 is 0 Å². The van der Waals surface area contributed by atoms with Crippen molar-refractivity contribution >= 4 is 5.82 Å². The number of anilines is 1. The molecule has 0 fully saturated rings. The third-order valence-electron chi connectivity index (χ3n) is 2.34. The SMILES string of the molecule is CCNc1cc(C)nc(-c2ccc(O)cc2)n1. The largest absolute Gasteiger partial charge is 0.508 e. The monoisotopic (exact) mass is 229 g/mol. The summed E-state index contributed by atoms with van der Waals surface area (Å²) in [7, 11) is 0. The Hall–Kier alpha value is -2.10. The van der Waals surface area contributed by atoms with E-state index in [9.17, 15) is 5.11 Å². The van der Waals surface area contributed by atoms with E-state index in [1.54, 1.807) is 24.3 Å². The number of hydrogen-bond donors (Lipinski definition) is 2. The van der Waals surface area contributed by atoms with Gasteiger partial charge in [0.2, 0.25) is 0 Å². The third-order valence-corrected chi connectivity index (χ3v) is 2.34. The van der Waals surface area contributed by atoms with Crippen molar-refractivity contribution in [3.63, 3.8) is 0 Å². The van der Waals surface area contributed by atoms with Crippen LogP contribution in [0.2, 0.25) is 0 Å². The quantitative estimate of drug-likeness (QED) is 0.849. The third kappa shape index (κ3) is 2.72. The maximum Gasteiger partial charge on any atom is 0.161 e. The summed E-state index contributed by atoms with van der Waals surface area (Å²) in [5, 5.41) is 12.4. The highest BCUT2D eigenvalue weighted by Gasteiger charge is 2.04. The van der Waals surface area contributed by atoms with Gasteiger partial charge in [0, 0.05) is 23.9 Å². The molecule has 0 saturated heterocycles. The minimum absolute atomic E-state index is 0.244. The number of nitrogens with zero attached hydrogens (tertiary/aromatic N) is 2. The van der Waals surface area contributed by atoms with E-state index in [-0.39, 0.29) is 5.75 Å². The van der Waals surface area contributed by atoms with Crippen molar-refractivity contribution in [2.75, 3.05) is 11.9 Å². The summed E-state index contributed by atoms with van der Waals surface area (Å²) in [4.78, 5) is 8.80. The molecule has 2 N–H and O–H groups in total. The summed E-state index contributed by atoms with van der Waals surface area (Å²) in [5.41, 5.74) is 1.81. The Kier molecular flexibility index (Phi) is 3.23. The van der Waals surface area contributed by atoms with Gasteiger partial charge < -0.3 is 10.4 Å². The molecule has 0 spiro atoms. The van der Waals surface area contributed by atoms with E-state index >= 15 is 0 Å². The van der Waals surface area contributed by atoms with Crippen LogP contribution in [0.1, 0.15) is 12.6 Å². The zero-order valence-corrected chi connectivity index (χ0v) is 9.94. The second-order valence-electron chi connectivity index (χ2n) is 3.80. The van der Waals surface area contributed by atoms with Crippen molar-refractivity contribution in [3.05, 3.63) is 36.0 Å². The topological polar surface area (TPSA) is 58.0 Å². The van der Waals surface area contributed by atoms with Gasteiger partial charge in [0.1, 0.15) is 11.6 Å². The smallest absolute Gasteiger partial charge is 0.161 e. The van der Waals surface area contributed by atoms with Gasteiger partial charge in [0.05, 0.1) is 0 Å². The molecule has 0 aliphatic rings. The van der Waals surface area contributed by atoms with E-state index in [4.69, 9.17) is 0 Å². The first-order valence-electron chi connectivity index (χ1n) is 5.58. The zero-order valence-electron chi connectivity index (χ0n) is 9.94. The molecule has 1 aromatic heterocycles. The Bertz CT molecular complexity index is 509. The molecule has 0 radical (unpaired) electrons. The van der Waals surface area contributed by atoms with Crippen molar-refractivity contribution in [1.82, 2.24) is 9.97 Å².